The molecule has 2 N–H and O–H groups in total. The van der Waals surface area contributed by atoms with E-state index < -0.39 is 0 Å². The summed E-state index contributed by atoms with van der Waals surface area (Å²) in [6.45, 7) is 4.24. The summed E-state index contributed by atoms with van der Waals surface area (Å²) >= 11 is 0. The molecule has 0 atom stereocenters. The summed E-state index contributed by atoms with van der Waals surface area (Å²) in [6, 6.07) is 4.75. The average Bonchev–Trinajstić information content (AvgIpc) is 3.18. The Kier molecular flexibility index (Phi) is 3.06. The van der Waals surface area contributed by atoms with Gasteiger partial charge >= 0.3 is 0 Å². The van der Waals surface area contributed by atoms with Crippen molar-refractivity contribution in [1.29, 1.82) is 0 Å². The fourth-order valence-electron chi connectivity index (χ4n) is 4.20. The third-order valence-corrected chi connectivity index (χ3v) is 6.00. The average molecular weight is 336 g/mol. The number of benzene rings is 1. The quantitative estimate of drug-likeness (QED) is 0.866. The Labute approximate surface area is 147 Å². The first-order valence-electron chi connectivity index (χ1n) is 9.38. The molecule has 0 radical (unpaired) electrons. The molecule has 2 aromatic rings. The molecule has 5 rings (SSSR count). The standard InChI is InChI=1S/C20H24N4O/c1-12(2)24-11-15(10-21-24)22-14-8-16(13-4-5-13)18-17(9-14)20(6-3-7-20)19(25)23-18/h8-13,22H,3-7H2,1-2H3,(H,23,25). The minimum Gasteiger partial charge on any atom is -0.353 e. The predicted octanol–water partition coefficient (Wildman–Crippen LogP) is 4.46. The number of hydrogen-bond donors (Lipinski definition) is 2. The largest absolute Gasteiger partial charge is 0.353 e. The van der Waals surface area contributed by atoms with E-state index in [9.17, 15) is 4.79 Å². The van der Waals surface area contributed by atoms with E-state index in [2.05, 4.69) is 41.7 Å². The number of hydrogen-bond acceptors (Lipinski definition) is 3. The summed E-state index contributed by atoms with van der Waals surface area (Å²) in [7, 11) is 0. The molecule has 2 fully saturated rings. The van der Waals surface area contributed by atoms with Crippen molar-refractivity contribution in [3.63, 3.8) is 0 Å². The Morgan fingerprint density at radius 3 is 2.68 bits per heavy atom. The molecule has 1 aromatic heterocycles. The Balaban J connectivity index is 1.55. The van der Waals surface area contributed by atoms with Gasteiger partial charge in [-0.2, -0.15) is 5.10 Å². The third kappa shape index (κ3) is 2.21. The van der Waals surface area contributed by atoms with Gasteiger partial charge in [0.2, 0.25) is 5.91 Å². The van der Waals surface area contributed by atoms with Crippen LogP contribution in [0.4, 0.5) is 17.1 Å². The van der Waals surface area contributed by atoms with Crippen molar-refractivity contribution in [2.24, 2.45) is 0 Å². The lowest BCUT2D eigenvalue weighted by Crippen LogP contribution is -2.40. The first-order valence-corrected chi connectivity index (χ1v) is 9.38. The lowest BCUT2D eigenvalue weighted by Gasteiger charge is -2.36. The Morgan fingerprint density at radius 2 is 2.08 bits per heavy atom. The normalized spacial score (nSPS) is 20.5. The molecule has 1 aliphatic heterocycles. The van der Waals surface area contributed by atoms with Crippen LogP contribution in [0.1, 0.15) is 69.0 Å². The van der Waals surface area contributed by atoms with Crippen molar-refractivity contribution < 1.29 is 4.79 Å². The molecule has 1 spiro atoms. The molecule has 0 bridgehead atoms. The van der Waals surface area contributed by atoms with Crippen LogP contribution in [0.25, 0.3) is 0 Å². The van der Waals surface area contributed by atoms with Crippen molar-refractivity contribution in [3.05, 3.63) is 35.7 Å². The first-order chi connectivity index (χ1) is 12.1. The van der Waals surface area contributed by atoms with Gasteiger partial charge in [0.1, 0.15) is 0 Å². The fourth-order valence-corrected chi connectivity index (χ4v) is 4.20. The zero-order valence-electron chi connectivity index (χ0n) is 14.8. The zero-order chi connectivity index (χ0) is 17.2. The van der Waals surface area contributed by atoms with E-state index >= 15 is 0 Å². The van der Waals surface area contributed by atoms with E-state index in [4.69, 9.17) is 0 Å². The van der Waals surface area contributed by atoms with E-state index in [0.29, 0.717) is 12.0 Å². The second kappa shape index (κ2) is 5.10. The Morgan fingerprint density at radius 1 is 1.28 bits per heavy atom. The van der Waals surface area contributed by atoms with Crippen LogP contribution in [-0.2, 0) is 10.2 Å². The van der Waals surface area contributed by atoms with Gasteiger partial charge in [-0.15, -0.1) is 0 Å². The summed E-state index contributed by atoms with van der Waals surface area (Å²) in [5.41, 5.74) is 5.44. The molecule has 1 amide bonds. The first kappa shape index (κ1) is 15.0. The van der Waals surface area contributed by atoms with Crippen LogP contribution >= 0.6 is 0 Å². The van der Waals surface area contributed by atoms with Crippen LogP contribution in [0.15, 0.2) is 24.5 Å². The van der Waals surface area contributed by atoms with E-state index in [1.54, 1.807) is 0 Å². The number of anilines is 3. The van der Waals surface area contributed by atoms with E-state index in [-0.39, 0.29) is 11.3 Å². The molecular formula is C20H24N4O. The molecule has 2 saturated carbocycles. The van der Waals surface area contributed by atoms with Gasteiger partial charge in [-0.1, -0.05) is 6.42 Å². The highest BCUT2D eigenvalue weighted by Gasteiger charge is 2.52. The van der Waals surface area contributed by atoms with Crippen molar-refractivity contribution >= 4 is 23.0 Å². The number of aromatic nitrogens is 2. The molecule has 25 heavy (non-hydrogen) atoms. The number of rotatable bonds is 4. The summed E-state index contributed by atoms with van der Waals surface area (Å²) in [6.07, 6.45) is 9.46. The number of nitrogens with zero attached hydrogens (tertiary/aromatic N) is 2. The van der Waals surface area contributed by atoms with Gasteiger partial charge in [-0.05, 0) is 68.7 Å². The lowest BCUT2D eigenvalue weighted by molar-refractivity contribution is -0.123. The number of carbonyl (C=O) groups excluding carboxylic acids is 1. The molecule has 2 heterocycles. The maximum atomic E-state index is 12.6. The van der Waals surface area contributed by atoms with Crippen LogP contribution in [0.3, 0.4) is 0 Å². The smallest absolute Gasteiger partial charge is 0.235 e. The van der Waals surface area contributed by atoms with Gasteiger partial charge < -0.3 is 10.6 Å². The van der Waals surface area contributed by atoms with Crippen molar-refractivity contribution in [1.82, 2.24) is 9.78 Å². The van der Waals surface area contributed by atoms with Crippen LogP contribution in [0, 0.1) is 0 Å². The molecule has 2 aliphatic carbocycles. The van der Waals surface area contributed by atoms with Gasteiger partial charge in [-0.3, -0.25) is 9.48 Å². The predicted molar refractivity (Wildman–Crippen MR) is 98.5 cm³/mol. The van der Waals surface area contributed by atoms with Crippen LogP contribution in [0.5, 0.6) is 0 Å². The second-order valence-electron chi connectivity index (χ2n) is 8.08. The number of nitrogens with one attached hydrogen (secondary N) is 2. The summed E-state index contributed by atoms with van der Waals surface area (Å²) in [4.78, 5) is 12.6. The van der Waals surface area contributed by atoms with Gasteiger partial charge in [0.05, 0.1) is 17.3 Å². The molecular weight excluding hydrogens is 312 g/mol. The minimum atomic E-state index is -0.265. The van der Waals surface area contributed by atoms with Gasteiger partial charge in [0.15, 0.2) is 0 Å². The number of fused-ring (bicyclic) bond motifs is 2. The van der Waals surface area contributed by atoms with Crippen LogP contribution in [-0.4, -0.2) is 15.7 Å². The maximum Gasteiger partial charge on any atom is 0.235 e. The summed E-state index contributed by atoms with van der Waals surface area (Å²) in [5, 5.41) is 11.1. The van der Waals surface area contributed by atoms with E-state index in [1.807, 2.05) is 17.1 Å². The molecule has 3 aliphatic rings. The Bertz CT molecular complexity index is 859. The Hall–Kier alpha value is -2.30. The van der Waals surface area contributed by atoms with Gasteiger partial charge in [-0.25, -0.2) is 0 Å². The zero-order valence-corrected chi connectivity index (χ0v) is 14.8. The molecule has 1 aromatic carbocycles. The van der Waals surface area contributed by atoms with E-state index in [1.165, 1.54) is 24.0 Å². The molecule has 5 nitrogen and oxygen atoms in total. The van der Waals surface area contributed by atoms with Gasteiger partial charge in [0.25, 0.3) is 0 Å². The summed E-state index contributed by atoms with van der Waals surface area (Å²) in [5.74, 6) is 0.810. The molecule has 0 saturated heterocycles. The number of amides is 1. The highest BCUT2D eigenvalue weighted by atomic mass is 16.2. The third-order valence-electron chi connectivity index (χ3n) is 6.00. The monoisotopic (exact) mass is 336 g/mol. The van der Waals surface area contributed by atoms with Crippen molar-refractivity contribution in [2.75, 3.05) is 10.6 Å². The minimum absolute atomic E-state index is 0.209. The second-order valence-corrected chi connectivity index (χ2v) is 8.08. The maximum absolute atomic E-state index is 12.6. The fraction of sp³-hybridized carbons (Fsp3) is 0.500. The molecule has 130 valence electrons. The molecule has 5 heteroatoms. The SMILES string of the molecule is CC(C)n1cc(Nc2cc(C3CC3)c3c(c2)C2(CCC2)C(=O)N3)cn1. The highest BCUT2D eigenvalue weighted by molar-refractivity contribution is 6.08. The van der Waals surface area contributed by atoms with Crippen molar-refractivity contribution in [2.45, 2.75) is 63.3 Å². The van der Waals surface area contributed by atoms with Crippen LogP contribution < -0.4 is 10.6 Å². The lowest BCUT2D eigenvalue weighted by atomic mass is 9.65. The van der Waals surface area contributed by atoms with Crippen molar-refractivity contribution in [3.8, 4) is 0 Å². The number of carbonyl (C=O) groups is 1. The highest BCUT2D eigenvalue weighted by Crippen LogP contribution is 2.56. The van der Waals surface area contributed by atoms with Gasteiger partial charge in [0, 0.05) is 23.6 Å². The van der Waals surface area contributed by atoms with E-state index in [0.717, 1.165) is 36.3 Å². The van der Waals surface area contributed by atoms with Crippen LogP contribution in [0.2, 0.25) is 0 Å². The summed E-state index contributed by atoms with van der Waals surface area (Å²) < 4.78 is 1.95. The topological polar surface area (TPSA) is 59.0 Å². The molecule has 0 unspecified atom stereocenters.